The van der Waals surface area contributed by atoms with Gasteiger partial charge in [-0.25, -0.2) is 0 Å². The zero-order valence-electron chi connectivity index (χ0n) is 12.9. The second-order valence-corrected chi connectivity index (χ2v) is 5.91. The van der Waals surface area contributed by atoms with E-state index in [0.29, 0.717) is 19.3 Å². The summed E-state index contributed by atoms with van der Waals surface area (Å²) in [5.74, 6) is -0.375. The maximum Gasteiger partial charge on any atom is 0.302 e. The summed E-state index contributed by atoms with van der Waals surface area (Å²) in [7, 11) is 0. The molecule has 2 unspecified atom stereocenters. The summed E-state index contributed by atoms with van der Waals surface area (Å²) < 4.78 is 5.13. The van der Waals surface area contributed by atoms with Gasteiger partial charge in [-0.15, -0.1) is 0 Å². The lowest BCUT2D eigenvalue weighted by Crippen LogP contribution is -2.13. The molecular formula is C18H24O4. The van der Waals surface area contributed by atoms with Gasteiger partial charge in [-0.1, -0.05) is 42.5 Å². The van der Waals surface area contributed by atoms with Gasteiger partial charge in [0, 0.05) is 19.3 Å². The lowest BCUT2D eigenvalue weighted by molar-refractivity contribution is -0.146. The van der Waals surface area contributed by atoms with Crippen LogP contribution < -0.4 is 0 Å². The number of aliphatic hydroxyl groups is 2. The first-order chi connectivity index (χ1) is 10.5. The van der Waals surface area contributed by atoms with E-state index >= 15 is 0 Å². The lowest BCUT2D eigenvalue weighted by Gasteiger charge is -2.10. The fourth-order valence-electron chi connectivity index (χ4n) is 2.87. The summed E-state index contributed by atoms with van der Waals surface area (Å²) in [5.41, 5.74) is 1.20. The summed E-state index contributed by atoms with van der Waals surface area (Å²) in [5, 5.41) is 20.0. The highest BCUT2D eigenvalue weighted by molar-refractivity contribution is 5.66. The molecule has 0 spiro atoms. The monoisotopic (exact) mass is 304 g/mol. The third-order valence-corrected chi connectivity index (χ3v) is 4.02. The predicted molar refractivity (Wildman–Crippen MR) is 84.2 cm³/mol. The summed E-state index contributed by atoms with van der Waals surface area (Å²) in [6, 6.07) is 10.0. The van der Waals surface area contributed by atoms with Crippen molar-refractivity contribution in [2.45, 2.75) is 50.9 Å². The van der Waals surface area contributed by atoms with Crippen molar-refractivity contribution in [2.24, 2.45) is 5.92 Å². The summed E-state index contributed by atoms with van der Waals surface area (Å²) in [6.45, 7) is 1.38. The van der Waals surface area contributed by atoms with E-state index in [9.17, 15) is 15.0 Å². The van der Waals surface area contributed by atoms with E-state index in [1.165, 1.54) is 12.5 Å². The molecule has 4 atom stereocenters. The molecule has 0 heterocycles. The number of rotatable bonds is 6. The van der Waals surface area contributed by atoms with Crippen molar-refractivity contribution in [3.05, 3.63) is 48.0 Å². The first-order valence-electron chi connectivity index (χ1n) is 7.80. The van der Waals surface area contributed by atoms with Gasteiger partial charge in [0.15, 0.2) is 0 Å². The molecule has 1 aromatic carbocycles. The summed E-state index contributed by atoms with van der Waals surface area (Å²) >= 11 is 0. The molecule has 0 radical (unpaired) electrons. The van der Waals surface area contributed by atoms with Crippen molar-refractivity contribution in [3.63, 3.8) is 0 Å². The summed E-state index contributed by atoms with van der Waals surface area (Å²) in [4.78, 5) is 10.9. The lowest BCUT2D eigenvalue weighted by atomic mass is 10.0. The number of carbonyl (C=O) groups is 1. The molecule has 0 saturated heterocycles. The van der Waals surface area contributed by atoms with Gasteiger partial charge in [-0.05, 0) is 24.8 Å². The normalized spacial score (nSPS) is 26.2. The first kappa shape index (κ1) is 16.7. The number of carbonyl (C=O) groups excluding carboxylic acids is 1. The van der Waals surface area contributed by atoms with Crippen LogP contribution in [0.15, 0.2) is 42.5 Å². The van der Waals surface area contributed by atoms with Crippen molar-refractivity contribution in [3.8, 4) is 0 Å². The molecule has 1 saturated carbocycles. The van der Waals surface area contributed by atoms with E-state index in [1.54, 1.807) is 6.08 Å². The van der Waals surface area contributed by atoms with E-state index in [0.717, 1.165) is 6.42 Å². The second-order valence-electron chi connectivity index (χ2n) is 5.91. The Labute approximate surface area is 131 Å². The van der Waals surface area contributed by atoms with Crippen LogP contribution in [-0.2, 0) is 16.0 Å². The van der Waals surface area contributed by atoms with Gasteiger partial charge in [0.05, 0.1) is 12.2 Å². The van der Waals surface area contributed by atoms with Crippen LogP contribution in [-0.4, -0.2) is 34.5 Å². The van der Waals surface area contributed by atoms with Crippen molar-refractivity contribution in [2.75, 3.05) is 0 Å². The van der Waals surface area contributed by atoms with Crippen LogP contribution in [0.2, 0.25) is 0 Å². The van der Waals surface area contributed by atoms with E-state index < -0.39 is 12.2 Å². The predicted octanol–water partition coefficient (Wildman–Crippen LogP) is 2.24. The van der Waals surface area contributed by atoms with E-state index in [2.05, 4.69) is 0 Å². The van der Waals surface area contributed by atoms with Crippen molar-refractivity contribution in [1.82, 2.24) is 0 Å². The largest absolute Gasteiger partial charge is 0.462 e. The smallest absolute Gasteiger partial charge is 0.302 e. The zero-order valence-corrected chi connectivity index (χ0v) is 12.9. The topological polar surface area (TPSA) is 66.8 Å². The third kappa shape index (κ3) is 5.28. The Balaban J connectivity index is 1.77. The Hall–Kier alpha value is -1.65. The number of hydrogen-bond acceptors (Lipinski definition) is 4. The summed E-state index contributed by atoms with van der Waals surface area (Å²) in [6.07, 6.45) is 4.88. The van der Waals surface area contributed by atoms with Crippen molar-refractivity contribution in [1.29, 1.82) is 0 Å². The highest BCUT2D eigenvalue weighted by Crippen LogP contribution is 2.29. The van der Waals surface area contributed by atoms with Crippen molar-refractivity contribution < 1.29 is 19.7 Å². The molecule has 1 aliphatic rings. The standard InChI is InChI=1S/C18H24O4/c1-13(19)22-17-11-15(18(21)12-17)8-10-16(20)9-7-14-5-3-2-4-6-14/h2-6,8,10,15-18,20-21H,7,9,11-12H2,1H3/b10-8+/t15?,16?,17-,18-/m1/s1. The van der Waals surface area contributed by atoms with Gasteiger partial charge >= 0.3 is 5.97 Å². The zero-order chi connectivity index (χ0) is 15.9. The van der Waals surface area contributed by atoms with Gasteiger partial charge in [0.1, 0.15) is 6.10 Å². The van der Waals surface area contributed by atoms with Gasteiger partial charge in [0.25, 0.3) is 0 Å². The van der Waals surface area contributed by atoms with Gasteiger partial charge < -0.3 is 14.9 Å². The third-order valence-electron chi connectivity index (χ3n) is 4.02. The number of hydrogen-bond donors (Lipinski definition) is 2. The molecule has 1 fully saturated rings. The van der Waals surface area contributed by atoms with Crippen LogP contribution in [0.3, 0.4) is 0 Å². The molecule has 0 amide bonds. The van der Waals surface area contributed by atoms with E-state index in [1.807, 2.05) is 36.4 Å². The molecule has 1 aliphatic carbocycles. The number of aliphatic hydroxyl groups excluding tert-OH is 2. The van der Waals surface area contributed by atoms with Gasteiger partial charge in [-0.3, -0.25) is 4.79 Å². The van der Waals surface area contributed by atoms with Crippen LogP contribution in [0.25, 0.3) is 0 Å². The minimum Gasteiger partial charge on any atom is -0.462 e. The molecule has 1 aromatic rings. The van der Waals surface area contributed by atoms with Crippen LogP contribution in [0.4, 0.5) is 0 Å². The van der Waals surface area contributed by atoms with Gasteiger partial charge in [0.2, 0.25) is 0 Å². The molecule has 0 bridgehead atoms. The van der Waals surface area contributed by atoms with Crippen LogP contribution in [0.5, 0.6) is 0 Å². The molecular weight excluding hydrogens is 280 g/mol. The Bertz CT molecular complexity index is 497. The van der Waals surface area contributed by atoms with E-state index in [4.69, 9.17) is 4.74 Å². The fraction of sp³-hybridized carbons (Fsp3) is 0.500. The van der Waals surface area contributed by atoms with Crippen LogP contribution in [0.1, 0.15) is 31.7 Å². The SMILES string of the molecule is CC(=O)O[C@@H]1CC(/C=C/C(O)CCc2ccccc2)[C@H](O)C1. The average molecular weight is 304 g/mol. The number of ether oxygens (including phenoxy) is 1. The number of esters is 1. The second kappa shape index (κ2) is 8.11. The molecule has 22 heavy (non-hydrogen) atoms. The maximum atomic E-state index is 10.9. The van der Waals surface area contributed by atoms with Crippen molar-refractivity contribution >= 4 is 5.97 Å². The Morgan fingerprint density at radius 3 is 2.77 bits per heavy atom. The Morgan fingerprint density at radius 2 is 2.09 bits per heavy atom. The Morgan fingerprint density at radius 1 is 1.36 bits per heavy atom. The van der Waals surface area contributed by atoms with Gasteiger partial charge in [-0.2, -0.15) is 0 Å². The maximum absolute atomic E-state index is 10.9. The number of aryl methyl sites for hydroxylation is 1. The molecule has 120 valence electrons. The Kier molecular flexibility index (Phi) is 6.16. The van der Waals surface area contributed by atoms with Crippen LogP contribution in [0, 0.1) is 5.92 Å². The molecule has 4 heteroatoms. The minimum atomic E-state index is -0.528. The van der Waals surface area contributed by atoms with Crippen LogP contribution >= 0.6 is 0 Å². The first-order valence-corrected chi connectivity index (χ1v) is 7.80. The average Bonchev–Trinajstić information content (AvgIpc) is 2.83. The molecule has 0 aliphatic heterocycles. The molecule has 2 N–H and O–H groups in total. The molecule has 2 rings (SSSR count). The quantitative estimate of drug-likeness (QED) is 0.625. The molecule has 4 nitrogen and oxygen atoms in total. The highest BCUT2D eigenvalue weighted by atomic mass is 16.5. The van der Waals surface area contributed by atoms with E-state index in [-0.39, 0.29) is 18.0 Å². The minimum absolute atomic E-state index is 0.0595. The highest BCUT2D eigenvalue weighted by Gasteiger charge is 2.33. The fourth-order valence-corrected chi connectivity index (χ4v) is 2.87. The molecule has 0 aromatic heterocycles. The number of benzene rings is 1.